The molecular weight excluding hydrogens is 617 g/mol. The van der Waals surface area contributed by atoms with Gasteiger partial charge in [0.05, 0.1) is 0 Å². The lowest BCUT2D eigenvalue weighted by atomic mass is 9.81. The molecule has 0 fully saturated rings. The summed E-state index contributed by atoms with van der Waals surface area (Å²) in [5.41, 5.74) is 9.08. The summed E-state index contributed by atoms with van der Waals surface area (Å²) in [5.74, 6) is 0. The average Bonchev–Trinajstić information content (AvgIpc) is 3.58. The Bertz CT molecular complexity index is 3130. The zero-order valence-corrected chi connectivity index (χ0v) is 27.7. The molecule has 11 rings (SSSR count). The molecule has 1 heterocycles. The molecule has 1 heteroatoms. The zero-order valence-electron chi connectivity index (χ0n) is 27.7. The summed E-state index contributed by atoms with van der Waals surface area (Å²) in [6.45, 7) is 0. The molecule has 1 aromatic heterocycles. The molecule has 0 unspecified atom stereocenters. The molecule has 236 valence electrons. The van der Waals surface area contributed by atoms with E-state index in [0.29, 0.717) is 0 Å². The van der Waals surface area contributed by atoms with E-state index >= 15 is 0 Å². The minimum Gasteiger partial charge on any atom is -0.455 e. The van der Waals surface area contributed by atoms with Crippen LogP contribution in [0, 0.1) is 0 Å². The highest BCUT2D eigenvalue weighted by atomic mass is 16.3. The first-order valence-corrected chi connectivity index (χ1v) is 17.6. The van der Waals surface area contributed by atoms with Crippen LogP contribution in [0.5, 0.6) is 0 Å². The number of hydrogen-bond donors (Lipinski definition) is 0. The summed E-state index contributed by atoms with van der Waals surface area (Å²) in [4.78, 5) is 0. The van der Waals surface area contributed by atoms with E-state index in [1.165, 1.54) is 76.1 Å². The second-order valence-corrected chi connectivity index (χ2v) is 13.5. The largest absolute Gasteiger partial charge is 0.455 e. The van der Waals surface area contributed by atoms with Gasteiger partial charge in [0.25, 0.3) is 0 Å². The molecule has 0 aliphatic carbocycles. The van der Waals surface area contributed by atoms with E-state index in [1.807, 2.05) is 0 Å². The van der Waals surface area contributed by atoms with Crippen LogP contribution in [0.2, 0.25) is 0 Å². The third-order valence-electron chi connectivity index (χ3n) is 10.8. The molecular formula is C50H30O. The number of benzene rings is 10. The van der Waals surface area contributed by atoms with Crippen molar-refractivity contribution < 1.29 is 4.42 Å². The predicted molar refractivity (Wildman–Crippen MR) is 218 cm³/mol. The third-order valence-corrected chi connectivity index (χ3v) is 10.8. The maximum absolute atomic E-state index is 6.99. The number of fused-ring (bicyclic) bond motifs is 8. The first-order valence-electron chi connectivity index (χ1n) is 17.6. The number of furan rings is 1. The summed E-state index contributed by atoms with van der Waals surface area (Å²) in [7, 11) is 0. The first kappa shape index (κ1) is 28.2. The zero-order chi connectivity index (χ0) is 33.5. The van der Waals surface area contributed by atoms with Gasteiger partial charge in [0.2, 0.25) is 0 Å². The predicted octanol–water partition coefficient (Wildman–Crippen LogP) is 14.4. The van der Waals surface area contributed by atoms with Gasteiger partial charge >= 0.3 is 0 Å². The molecule has 0 saturated heterocycles. The van der Waals surface area contributed by atoms with Gasteiger partial charge in [-0.2, -0.15) is 0 Å². The van der Waals surface area contributed by atoms with Crippen molar-refractivity contribution in [3.05, 3.63) is 182 Å². The normalized spacial score (nSPS) is 11.9. The molecule has 10 aromatic carbocycles. The molecule has 0 aliphatic rings. The quantitative estimate of drug-likeness (QED) is 0.174. The van der Waals surface area contributed by atoms with Crippen molar-refractivity contribution >= 4 is 75.8 Å². The van der Waals surface area contributed by atoms with Gasteiger partial charge < -0.3 is 4.42 Å². The molecule has 0 radical (unpaired) electrons. The minimum atomic E-state index is 0.895. The van der Waals surface area contributed by atoms with Crippen molar-refractivity contribution in [2.45, 2.75) is 0 Å². The Balaban J connectivity index is 1.35. The van der Waals surface area contributed by atoms with E-state index in [1.54, 1.807) is 0 Å². The van der Waals surface area contributed by atoms with Gasteiger partial charge in [-0.3, -0.25) is 0 Å². The highest BCUT2D eigenvalue weighted by molar-refractivity contribution is 6.33. The summed E-state index contributed by atoms with van der Waals surface area (Å²) in [6, 6.07) is 66.2. The topological polar surface area (TPSA) is 13.1 Å². The third kappa shape index (κ3) is 4.09. The lowest BCUT2D eigenvalue weighted by Crippen LogP contribution is -1.94. The number of rotatable bonds is 3. The van der Waals surface area contributed by atoms with Crippen LogP contribution in [0.15, 0.2) is 186 Å². The van der Waals surface area contributed by atoms with Crippen molar-refractivity contribution in [1.29, 1.82) is 0 Å². The fourth-order valence-electron chi connectivity index (χ4n) is 8.67. The lowest BCUT2D eigenvalue weighted by Gasteiger charge is -2.21. The second kappa shape index (κ2) is 10.9. The van der Waals surface area contributed by atoms with E-state index in [-0.39, 0.29) is 0 Å². The van der Waals surface area contributed by atoms with Gasteiger partial charge in [-0.1, -0.05) is 170 Å². The van der Waals surface area contributed by atoms with E-state index < -0.39 is 0 Å². The van der Waals surface area contributed by atoms with Crippen LogP contribution in [0.3, 0.4) is 0 Å². The molecule has 11 aromatic rings. The summed E-state index contributed by atoms with van der Waals surface area (Å²) in [6.07, 6.45) is 0. The molecule has 0 N–H and O–H groups in total. The summed E-state index contributed by atoms with van der Waals surface area (Å²) >= 11 is 0. The van der Waals surface area contributed by atoms with Crippen molar-refractivity contribution in [3.63, 3.8) is 0 Å². The van der Waals surface area contributed by atoms with Gasteiger partial charge in [-0.05, 0) is 88.2 Å². The fraction of sp³-hybridized carbons (Fsp3) is 0. The molecule has 0 aliphatic heterocycles. The van der Waals surface area contributed by atoms with Crippen LogP contribution in [0.25, 0.3) is 109 Å². The first-order chi connectivity index (χ1) is 25.3. The molecule has 1 nitrogen and oxygen atoms in total. The number of para-hydroxylation sites is 1. The molecule has 0 atom stereocenters. The van der Waals surface area contributed by atoms with Crippen LogP contribution in [-0.4, -0.2) is 0 Å². The van der Waals surface area contributed by atoms with Crippen molar-refractivity contribution in [2.24, 2.45) is 0 Å². The molecule has 51 heavy (non-hydrogen) atoms. The van der Waals surface area contributed by atoms with E-state index in [9.17, 15) is 0 Å². The maximum Gasteiger partial charge on any atom is 0.144 e. The van der Waals surface area contributed by atoms with Crippen molar-refractivity contribution in [2.75, 3.05) is 0 Å². The Morgan fingerprint density at radius 3 is 1.47 bits per heavy atom. The highest BCUT2D eigenvalue weighted by Crippen LogP contribution is 2.52. The SMILES string of the molecule is c1ccc2cc(-c3c4ccccc4c(-c4c5ccccc5c(-c5cccc6ccccc56)c5ccccc45)c4c3oc3ccccc34)ccc2c1. The van der Waals surface area contributed by atoms with E-state index in [2.05, 4.69) is 182 Å². The van der Waals surface area contributed by atoms with Crippen LogP contribution in [-0.2, 0) is 0 Å². The van der Waals surface area contributed by atoms with Crippen molar-refractivity contribution in [3.8, 4) is 33.4 Å². The van der Waals surface area contributed by atoms with Crippen LogP contribution >= 0.6 is 0 Å². The molecule has 0 amide bonds. The summed E-state index contributed by atoms with van der Waals surface area (Å²) < 4.78 is 6.99. The smallest absolute Gasteiger partial charge is 0.144 e. The van der Waals surface area contributed by atoms with Crippen LogP contribution in [0.4, 0.5) is 0 Å². The fourth-order valence-corrected chi connectivity index (χ4v) is 8.67. The molecule has 0 bridgehead atoms. The maximum atomic E-state index is 6.99. The Labute approximate surface area is 294 Å². The van der Waals surface area contributed by atoms with Gasteiger partial charge in [-0.15, -0.1) is 0 Å². The van der Waals surface area contributed by atoms with E-state index in [4.69, 9.17) is 4.42 Å². The Kier molecular flexibility index (Phi) is 6.02. The standard InChI is InChI=1S/C50H30O/c1-2-16-33-30-34(29-28-31(33)14-1)45-37-19-5-10-24-42(37)48(49-43-25-11-12-27-44(43)51-50(45)49)47-40-22-8-6-20-38(40)46(39-21-7-9-23-41(39)47)36-26-13-17-32-15-3-4-18-35(32)36/h1-30H. The monoisotopic (exact) mass is 646 g/mol. The average molecular weight is 647 g/mol. The van der Waals surface area contributed by atoms with Gasteiger partial charge in [-0.25, -0.2) is 0 Å². The minimum absolute atomic E-state index is 0.895. The number of hydrogen-bond acceptors (Lipinski definition) is 1. The summed E-state index contributed by atoms with van der Waals surface area (Å²) in [5, 5.41) is 14.6. The van der Waals surface area contributed by atoms with Gasteiger partial charge in [0.15, 0.2) is 0 Å². The van der Waals surface area contributed by atoms with Crippen LogP contribution < -0.4 is 0 Å². The van der Waals surface area contributed by atoms with Gasteiger partial charge in [0, 0.05) is 21.9 Å². The molecule has 0 spiro atoms. The Morgan fingerprint density at radius 2 is 0.784 bits per heavy atom. The Hall–Kier alpha value is -6.70. The lowest BCUT2D eigenvalue weighted by molar-refractivity contribution is 0.670. The van der Waals surface area contributed by atoms with Gasteiger partial charge in [0.1, 0.15) is 11.2 Å². The van der Waals surface area contributed by atoms with Crippen LogP contribution in [0.1, 0.15) is 0 Å². The Morgan fingerprint density at radius 1 is 0.294 bits per heavy atom. The highest BCUT2D eigenvalue weighted by Gasteiger charge is 2.26. The van der Waals surface area contributed by atoms with E-state index in [0.717, 1.165) is 33.1 Å². The van der Waals surface area contributed by atoms with Crippen molar-refractivity contribution in [1.82, 2.24) is 0 Å². The molecule has 0 saturated carbocycles. The second-order valence-electron chi connectivity index (χ2n) is 13.5.